The lowest BCUT2D eigenvalue weighted by molar-refractivity contribution is 0.104. The number of ketones is 1. The van der Waals surface area contributed by atoms with Gasteiger partial charge in [-0.3, -0.25) is 4.79 Å². The highest BCUT2D eigenvalue weighted by Gasteiger charge is 2.20. The van der Waals surface area contributed by atoms with Crippen molar-refractivity contribution < 1.29 is 23.7 Å². The lowest BCUT2D eigenvalue weighted by Crippen LogP contribution is -2.07. The summed E-state index contributed by atoms with van der Waals surface area (Å²) in [5, 5.41) is 0. The van der Waals surface area contributed by atoms with E-state index in [-0.39, 0.29) is 5.78 Å². The molecule has 0 radical (unpaired) electrons. The minimum atomic E-state index is -0.203. The van der Waals surface area contributed by atoms with Crippen molar-refractivity contribution in [2.45, 2.75) is 47.2 Å². The van der Waals surface area contributed by atoms with Crippen LogP contribution in [0.4, 0.5) is 0 Å². The number of rotatable bonds is 15. The number of benzene rings is 6. The summed E-state index contributed by atoms with van der Waals surface area (Å²) in [6, 6.07) is 45.4. The van der Waals surface area contributed by atoms with Gasteiger partial charge in [0.1, 0.15) is 49.4 Å². The van der Waals surface area contributed by atoms with Gasteiger partial charge < -0.3 is 18.9 Å². The maximum atomic E-state index is 14.0. The summed E-state index contributed by atoms with van der Waals surface area (Å²) >= 11 is 0. The monoisotopic (exact) mass is 674 g/mol. The highest BCUT2D eigenvalue weighted by molar-refractivity contribution is 6.09. The molecule has 0 aliphatic rings. The second kappa shape index (κ2) is 17.0. The van der Waals surface area contributed by atoms with E-state index in [1.165, 1.54) is 0 Å². The van der Waals surface area contributed by atoms with Gasteiger partial charge in [-0.1, -0.05) is 121 Å². The molecule has 0 bridgehead atoms. The Labute approximate surface area is 300 Å². The van der Waals surface area contributed by atoms with E-state index in [1.54, 1.807) is 18.2 Å². The molecule has 0 atom stereocenters. The molecule has 0 heterocycles. The zero-order valence-corrected chi connectivity index (χ0v) is 29.3. The molecule has 0 saturated heterocycles. The quantitative estimate of drug-likeness (QED) is 0.0801. The van der Waals surface area contributed by atoms with Crippen LogP contribution in [0, 0.1) is 20.8 Å². The predicted molar refractivity (Wildman–Crippen MR) is 204 cm³/mol. The van der Waals surface area contributed by atoms with Gasteiger partial charge >= 0.3 is 0 Å². The summed E-state index contributed by atoms with van der Waals surface area (Å²) in [5.41, 5.74) is 8.25. The zero-order chi connectivity index (χ0) is 35.4. The molecule has 6 aromatic rings. The van der Waals surface area contributed by atoms with Gasteiger partial charge in [-0.2, -0.15) is 0 Å². The molecule has 0 aromatic heterocycles. The number of carbonyl (C=O) groups excluding carboxylic acids is 1. The van der Waals surface area contributed by atoms with Crippen molar-refractivity contribution in [3.8, 4) is 23.0 Å². The standard InChI is InChI=1S/C46H42O5/c1-33-34(2)46(51-32-39-22-14-7-15-23-39)41(35(3)45(33)50-31-38-20-12-6-13-21-38)26-27-43(47)42-25-24-40(48-29-36-16-8-4-9-17-36)28-44(42)49-30-37-18-10-5-11-19-37/h4-28H,29-32H2,1-3H3. The van der Waals surface area contributed by atoms with Crippen LogP contribution in [-0.4, -0.2) is 5.78 Å². The van der Waals surface area contributed by atoms with Crippen LogP contribution in [0.15, 0.2) is 146 Å². The first-order valence-electron chi connectivity index (χ1n) is 17.1. The third-order valence-corrected chi connectivity index (χ3v) is 8.79. The topological polar surface area (TPSA) is 54.0 Å². The van der Waals surface area contributed by atoms with Crippen LogP contribution in [0.25, 0.3) is 6.08 Å². The van der Waals surface area contributed by atoms with Gasteiger partial charge in [0.25, 0.3) is 0 Å². The van der Waals surface area contributed by atoms with Crippen molar-refractivity contribution in [3.63, 3.8) is 0 Å². The highest BCUT2D eigenvalue weighted by atomic mass is 16.5. The number of hydrogen-bond donors (Lipinski definition) is 0. The molecular weight excluding hydrogens is 633 g/mol. The third-order valence-electron chi connectivity index (χ3n) is 8.79. The van der Waals surface area contributed by atoms with Crippen LogP contribution >= 0.6 is 0 Å². The Kier molecular flexibility index (Phi) is 11.6. The summed E-state index contributed by atoms with van der Waals surface area (Å²) in [7, 11) is 0. The largest absolute Gasteiger partial charge is 0.489 e. The van der Waals surface area contributed by atoms with Crippen molar-refractivity contribution in [2.75, 3.05) is 0 Å². The van der Waals surface area contributed by atoms with Gasteiger partial charge in [-0.15, -0.1) is 0 Å². The molecule has 6 aromatic carbocycles. The van der Waals surface area contributed by atoms with E-state index in [0.29, 0.717) is 43.5 Å². The molecule has 0 fully saturated rings. The van der Waals surface area contributed by atoms with Crippen molar-refractivity contribution in [3.05, 3.63) is 196 Å². The molecule has 256 valence electrons. The third kappa shape index (κ3) is 9.14. The number of carbonyl (C=O) groups is 1. The Morgan fingerprint density at radius 2 is 0.922 bits per heavy atom. The van der Waals surface area contributed by atoms with Crippen LogP contribution in [0.2, 0.25) is 0 Å². The van der Waals surface area contributed by atoms with Crippen LogP contribution in [-0.2, 0) is 26.4 Å². The lowest BCUT2D eigenvalue weighted by atomic mass is 9.96. The Morgan fingerprint density at radius 3 is 1.43 bits per heavy atom. The molecule has 6 rings (SSSR count). The van der Waals surface area contributed by atoms with Gasteiger partial charge in [0.05, 0.1) is 5.56 Å². The van der Waals surface area contributed by atoms with E-state index in [0.717, 1.165) is 56.0 Å². The Hall–Kier alpha value is -6.07. The summed E-state index contributed by atoms with van der Waals surface area (Å²) in [6.07, 6.45) is 3.42. The first kappa shape index (κ1) is 34.8. The SMILES string of the molecule is Cc1c(C)c(OCc2ccccc2)c(C=CC(=O)c2ccc(OCc3ccccc3)cc2OCc2ccccc2)c(C)c1OCc1ccccc1. The average Bonchev–Trinajstić information content (AvgIpc) is 3.18. The number of hydrogen-bond acceptors (Lipinski definition) is 5. The van der Waals surface area contributed by atoms with Crippen LogP contribution in [0.5, 0.6) is 23.0 Å². The maximum Gasteiger partial charge on any atom is 0.189 e. The molecule has 5 nitrogen and oxygen atoms in total. The van der Waals surface area contributed by atoms with Crippen LogP contribution < -0.4 is 18.9 Å². The number of allylic oxidation sites excluding steroid dienone is 1. The lowest BCUT2D eigenvalue weighted by Gasteiger charge is -2.21. The summed E-state index contributed by atoms with van der Waals surface area (Å²) in [5.74, 6) is 2.36. The van der Waals surface area contributed by atoms with Crippen molar-refractivity contribution in [2.24, 2.45) is 0 Å². The van der Waals surface area contributed by atoms with Gasteiger partial charge in [0, 0.05) is 17.2 Å². The fourth-order valence-electron chi connectivity index (χ4n) is 5.82. The Balaban J connectivity index is 1.31. The normalized spacial score (nSPS) is 11.0. The van der Waals surface area contributed by atoms with E-state index >= 15 is 0 Å². The van der Waals surface area contributed by atoms with E-state index in [1.807, 2.05) is 147 Å². The minimum absolute atomic E-state index is 0.203. The fraction of sp³-hybridized carbons (Fsp3) is 0.152. The van der Waals surface area contributed by atoms with Crippen molar-refractivity contribution >= 4 is 11.9 Å². The smallest absolute Gasteiger partial charge is 0.189 e. The molecular formula is C46H42O5. The van der Waals surface area contributed by atoms with Crippen LogP contribution in [0.1, 0.15) is 54.9 Å². The fourth-order valence-corrected chi connectivity index (χ4v) is 5.82. The molecule has 0 N–H and O–H groups in total. The zero-order valence-electron chi connectivity index (χ0n) is 29.3. The summed E-state index contributed by atoms with van der Waals surface area (Å²) < 4.78 is 25.3. The summed E-state index contributed by atoms with van der Waals surface area (Å²) in [6.45, 7) is 7.62. The molecule has 0 spiro atoms. The Bertz CT molecular complexity index is 2070. The molecule has 51 heavy (non-hydrogen) atoms. The van der Waals surface area contributed by atoms with Crippen LogP contribution in [0.3, 0.4) is 0 Å². The van der Waals surface area contributed by atoms with E-state index in [4.69, 9.17) is 18.9 Å². The van der Waals surface area contributed by atoms with Gasteiger partial charge in [-0.25, -0.2) is 0 Å². The summed E-state index contributed by atoms with van der Waals surface area (Å²) in [4.78, 5) is 14.0. The second-order valence-corrected chi connectivity index (χ2v) is 12.4. The van der Waals surface area contributed by atoms with Crippen molar-refractivity contribution in [1.82, 2.24) is 0 Å². The van der Waals surface area contributed by atoms with Crippen molar-refractivity contribution in [1.29, 1.82) is 0 Å². The molecule has 0 aliphatic heterocycles. The minimum Gasteiger partial charge on any atom is -0.489 e. The first-order chi connectivity index (χ1) is 25.0. The van der Waals surface area contributed by atoms with E-state index in [9.17, 15) is 4.79 Å². The number of ether oxygens (including phenoxy) is 4. The van der Waals surface area contributed by atoms with E-state index < -0.39 is 0 Å². The second-order valence-electron chi connectivity index (χ2n) is 12.4. The average molecular weight is 675 g/mol. The molecule has 0 saturated carbocycles. The highest BCUT2D eigenvalue weighted by Crippen LogP contribution is 2.40. The maximum absolute atomic E-state index is 14.0. The molecule has 5 heteroatoms. The first-order valence-corrected chi connectivity index (χ1v) is 17.1. The molecule has 0 amide bonds. The van der Waals surface area contributed by atoms with Gasteiger partial charge in [0.15, 0.2) is 5.78 Å². The molecule has 0 unspecified atom stereocenters. The van der Waals surface area contributed by atoms with E-state index in [2.05, 4.69) is 6.92 Å². The van der Waals surface area contributed by atoms with Gasteiger partial charge in [0.2, 0.25) is 0 Å². The molecule has 0 aliphatic carbocycles. The Morgan fingerprint density at radius 1 is 0.490 bits per heavy atom. The van der Waals surface area contributed by atoms with Gasteiger partial charge in [-0.05, 0) is 78.4 Å². The predicted octanol–water partition coefficient (Wildman–Crippen LogP) is 10.8.